The Balaban J connectivity index is 1.29. The van der Waals surface area contributed by atoms with E-state index < -0.39 is 13.3 Å². The first-order valence-corrected chi connectivity index (χ1v) is 32.9. The molecule has 396 valence electrons. The van der Waals surface area contributed by atoms with Crippen molar-refractivity contribution in [3.63, 3.8) is 0 Å². The molecule has 13 rings (SSSR count). The Hall–Kier alpha value is -7.28. The van der Waals surface area contributed by atoms with Gasteiger partial charge in [-0.25, -0.2) is 0 Å². The molecule has 0 amide bonds. The van der Waals surface area contributed by atoms with Gasteiger partial charge in [0.05, 0.1) is 0 Å². The van der Waals surface area contributed by atoms with Gasteiger partial charge in [0, 0.05) is 0 Å². The Morgan fingerprint density at radius 3 is 0.848 bits per heavy atom. The molecule has 9 aromatic carbocycles. The van der Waals surface area contributed by atoms with Crippen molar-refractivity contribution in [2.24, 2.45) is 0 Å². The SMILES string of the molecule is CC(C)(C)c1ccc(N2c3cc(-n4c5ccccc5c5ccccc54)cc4[c]3[Ge]3([c]5ccccc5)[c]5c2cc(C(C)(C)C)cc5N(c2ccc(C(C)(C)C)cc2)c2cc(C(C)(C)C)cc([c]23)N4c2ccc(C(C)(C)C)cc2)cc1. The minimum atomic E-state index is -4.30. The van der Waals surface area contributed by atoms with E-state index in [1.54, 1.807) is 0 Å². The van der Waals surface area contributed by atoms with Gasteiger partial charge in [-0.1, -0.05) is 0 Å². The molecule has 0 atom stereocenters. The summed E-state index contributed by atoms with van der Waals surface area (Å²) in [5.41, 5.74) is 20.9. The van der Waals surface area contributed by atoms with E-state index in [1.807, 2.05) is 0 Å². The molecule has 3 aliphatic rings. The summed E-state index contributed by atoms with van der Waals surface area (Å²) in [5.74, 6) is 0. The Bertz CT molecular complexity index is 3860. The van der Waals surface area contributed by atoms with E-state index in [9.17, 15) is 0 Å². The molecule has 0 N–H and O–H groups in total. The van der Waals surface area contributed by atoms with Crippen LogP contribution in [0.15, 0.2) is 188 Å². The summed E-state index contributed by atoms with van der Waals surface area (Å²) in [6.45, 7) is 35.3. The number of aromatic nitrogens is 1. The van der Waals surface area contributed by atoms with E-state index in [-0.39, 0.29) is 27.1 Å². The number of benzene rings is 9. The second kappa shape index (κ2) is 17.4. The Kier molecular flexibility index (Phi) is 11.2. The predicted octanol–water partition coefficient (Wildman–Crippen LogP) is 18.0. The normalized spacial score (nSPS) is 14.8. The number of rotatable bonds is 5. The number of anilines is 9. The molecular weight excluding hydrogens is 1020 g/mol. The predicted molar refractivity (Wildman–Crippen MR) is 343 cm³/mol. The van der Waals surface area contributed by atoms with E-state index in [2.05, 4.69) is 311 Å². The van der Waals surface area contributed by atoms with E-state index in [0.717, 1.165) is 17.1 Å². The fourth-order valence-corrected chi connectivity index (χ4v) is 25.3. The zero-order valence-corrected chi connectivity index (χ0v) is 51.3. The second-order valence-corrected chi connectivity index (χ2v) is 35.5. The Morgan fingerprint density at radius 1 is 0.266 bits per heavy atom. The van der Waals surface area contributed by atoms with Crippen molar-refractivity contribution >= 4 is 104 Å². The molecular formula is C74H76GeN4. The molecule has 0 aliphatic carbocycles. The molecule has 79 heavy (non-hydrogen) atoms. The molecule has 1 aromatic heterocycles. The summed E-state index contributed by atoms with van der Waals surface area (Å²) in [4.78, 5) is 8.10. The van der Waals surface area contributed by atoms with Crippen molar-refractivity contribution in [2.75, 3.05) is 14.7 Å². The summed E-state index contributed by atoms with van der Waals surface area (Å²) in [7, 11) is 0. The fraction of sp³-hybridized carbons (Fsp3) is 0.270. The van der Waals surface area contributed by atoms with Crippen molar-refractivity contribution in [2.45, 2.75) is 131 Å². The van der Waals surface area contributed by atoms with Gasteiger partial charge in [-0.05, 0) is 0 Å². The van der Waals surface area contributed by atoms with E-state index in [4.69, 9.17) is 0 Å². The molecule has 0 unspecified atom stereocenters. The van der Waals surface area contributed by atoms with Gasteiger partial charge in [-0.15, -0.1) is 0 Å². The molecule has 5 heteroatoms. The fourth-order valence-electron chi connectivity index (χ4n) is 13.3. The number of hydrogen-bond donors (Lipinski definition) is 0. The van der Waals surface area contributed by atoms with Crippen LogP contribution in [-0.4, -0.2) is 17.8 Å². The van der Waals surface area contributed by atoms with Crippen molar-refractivity contribution in [1.29, 1.82) is 0 Å². The summed E-state index contributed by atoms with van der Waals surface area (Å²) in [5, 5.41) is 2.51. The quantitative estimate of drug-likeness (QED) is 0.160. The molecule has 4 nitrogen and oxygen atoms in total. The molecule has 0 saturated heterocycles. The molecule has 10 aromatic rings. The van der Waals surface area contributed by atoms with Crippen LogP contribution in [-0.2, 0) is 27.1 Å². The topological polar surface area (TPSA) is 14.7 Å². The molecule has 4 heterocycles. The first kappa shape index (κ1) is 51.2. The van der Waals surface area contributed by atoms with Crippen LogP contribution in [0.3, 0.4) is 0 Å². The van der Waals surface area contributed by atoms with Crippen LogP contribution in [0.4, 0.5) is 51.2 Å². The third-order valence-electron chi connectivity index (χ3n) is 17.6. The summed E-state index contributed by atoms with van der Waals surface area (Å²) in [6, 6.07) is 74.2. The van der Waals surface area contributed by atoms with Crippen molar-refractivity contribution in [3.05, 3.63) is 216 Å². The van der Waals surface area contributed by atoms with E-state index in [0.29, 0.717) is 0 Å². The number of hydrogen-bond acceptors (Lipinski definition) is 3. The van der Waals surface area contributed by atoms with Gasteiger partial charge in [0.2, 0.25) is 0 Å². The first-order chi connectivity index (χ1) is 37.3. The monoisotopic (exact) mass is 1090 g/mol. The van der Waals surface area contributed by atoms with Gasteiger partial charge in [0.25, 0.3) is 0 Å². The molecule has 0 spiro atoms. The van der Waals surface area contributed by atoms with Crippen LogP contribution in [0, 0.1) is 0 Å². The van der Waals surface area contributed by atoms with Crippen molar-refractivity contribution in [1.82, 2.24) is 4.57 Å². The van der Waals surface area contributed by atoms with Crippen molar-refractivity contribution in [3.8, 4) is 5.69 Å². The number of nitrogens with zero attached hydrogens (tertiary/aromatic N) is 4. The van der Waals surface area contributed by atoms with Gasteiger partial charge in [0.1, 0.15) is 0 Å². The second-order valence-electron chi connectivity index (χ2n) is 28.0. The first-order valence-electron chi connectivity index (χ1n) is 28.7. The third kappa shape index (κ3) is 7.82. The average Bonchev–Trinajstić information content (AvgIpc) is 3.84. The summed E-state index contributed by atoms with van der Waals surface area (Å²) in [6.07, 6.45) is 0. The molecule has 3 aliphatic heterocycles. The standard InChI is InChI=1S/C74H76GeN4/c1-70(2,3)47-29-35-53(36-30-47)76-61-41-50(73(10,11)12)43-63-67(61)75(52-23-17-16-18-24-52)68-62(76)42-51(74(13,14)15)44-64(68)78(55-39-33-49(34-40-55)72(7,8)9)66-46-56(79-59-27-21-19-25-57(59)58-26-20-22-28-60(58)79)45-65(69(66)75)77(63)54-37-31-48(32-38-54)71(4,5)6/h16-46H,1-15H3. The zero-order valence-electron chi connectivity index (χ0n) is 49.2. The number of fused-ring (bicyclic) bond motifs is 3. The molecule has 0 radical (unpaired) electrons. The van der Waals surface area contributed by atoms with Gasteiger partial charge in [0.15, 0.2) is 0 Å². The van der Waals surface area contributed by atoms with Gasteiger partial charge < -0.3 is 0 Å². The van der Waals surface area contributed by atoms with Gasteiger partial charge in [-0.2, -0.15) is 0 Å². The van der Waals surface area contributed by atoms with Crippen LogP contribution < -0.4 is 32.3 Å². The van der Waals surface area contributed by atoms with Crippen LogP contribution >= 0.6 is 0 Å². The van der Waals surface area contributed by atoms with Crippen LogP contribution in [0.1, 0.15) is 132 Å². The van der Waals surface area contributed by atoms with Crippen molar-refractivity contribution < 1.29 is 0 Å². The molecule has 0 fully saturated rings. The van der Waals surface area contributed by atoms with Gasteiger partial charge >= 0.3 is 476 Å². The average molecular weight is 1090 g/mol. The van der Waals surface area contributed by atoms with Gasteiger partial charge in [-0.3, -0.25) is 0 Å². The molecule has 0 saturated carbocycles. The third-order valence-corrected chi connectivity index (χ3v) is 28.1. The van der Waals surface area contributed by atoms with E-state index >= 15 is 0 Å². The Morgan fingerprint density at radius 2 is 0.544 bits per heavy atom. The van der Waals surface area contributed by atoms with Crippen LogP contribution in [0.25, 0.3) is 27.5 Å². The van der Waals surface area contributed by atoms with E-state index in [1.165, 1.54) is 107 Å². The maximum atomic E-state index is 2.70. The maximum absolute atomic E-state index is 4.30. The van der Waals surface area contributed by atoms with Crippen LogP contribution in [0.2, 0.25) is 0 Å². The zero-order chi connectivity index (χ0) is 55.5. The number of para-hydroxylation sites is 2. The molecule has 0 bridgehead atoms. The summed E-state index contributed by atoms with van der Waals surface area (Å²) >= 11 is -4.30. The minimum absolute atomic E-state index is 0.000866. The Labute approximate surface area is 472 Å². The summed E-state index contributed by atoms with van der Waals surface area (Å²) < 4.78 is 8.43. The van der Waals surface area contributed by atoms with Crippen LogP contribution in [0.5, 0.6) is 0 Å².